The van der Waals surface area contributed by atoms with Crippen molar-refractivity contribution in [1.82, 2.24) is 16.2 Å². The SMILES string of the molecule is COC(=O)C1NNC2CCC(NC(=O)c3ccc(-c4ccccc4Cl)o3)CC21. The number of furan rings is 1. The molecule has 1 aromatic carbocycles. The lowest BCUT2D eigenvalue weighted by Gasteiger charge is -2.32. The number of methoxy groups -OCH3 is 1. The van der Waals surface area contributed by atoms with Gasteiger partial charge in [0.05, 0.1) is 12.1 Å². The predicted octanol–water partition coefficient (Wildman–Crippen LogP) is 2.52. The van der Waals surface area contributed by atoms with Gasteiger partial charge in [-0.25, -0.2) is 5.43 Å². The molecule has 2 aliphatic rings. The van der Waals surface area contributed by atoms with Crippen molar-refractivity contribution in [2.24, 2.45) is 5.92 Å². The van der Waals surface area contributed by atoms with Crippen LogP contribution in [0, 0.1) is 5.92 Å². The number of carbonyl (C=O) groups excluding carboxylic acids is 2. The molecule has 3 N–H and O–H groups in total. The zero-order valence-corrected chi connectivity index (χ0v) is 16.2. The first-order chi connectivity index (χ1) is 13.6. The Hall–Kier alpha value is -2.35. The first-order valence-corrected chi connectivity index (χ1v) is 9.69. The van der Waals surface area contributed by atoms with E-state index in [9.17, 15) is 9.59 Å². The van der Waals surface area contributed by atoms with Crippen LogP contribution < -0.4 is 16.2 Å². The van der Waals surface area contributed by atoms with E-state index in [4.69, 9.17) is 20.8 Å². The highest BCUT2D eigenvalue weighted by Gasteiger charge is 2.44. The maximum atomic E-state index is 12.6. The molecule has 8 heteroatoms. The summed E-state index contributed by atoms with van der Waals surface area (Å²) in [6.45, 7) is 0. The van der Waals surface area contributed by atoms with Crippen molar-refractivity contribution >= 4 is 23.5 Å². The molecule has 4 unspecified atom stereocenters. The van der Waals surface area contributed by atoms with Crippen LogP contribution >= 0.6 is 11.6 Å². The van der Waals surface area contributed by atoms with Crippen molar-refractivity contribution in [1.29, 1.82) is 0 Å². The molecule has 2 heterocycles. The minimum atomic E-state index is -0.398. The molecule has 2 fully saturated rings. The van der Waals surface area contributed by atoms with Crippen molar-refractivity contribution in [3.05, 3.63) is 47.2 Å². The second-order valence-corrected chi connectivity index (χ2v) is 7.59. The molecule has 1 aromatic heterocycles. The van der Waals surface area contributed by atoms with E-state index >= 15 is 0 Å². The summed E-state index contributed by atoms with van der Waals surface area (Å²) in [5.41, 5.74) is 6.92. The predicted molar refractivity (Wildman–Crippen MR) is 104 cm³/mol. The monoisotopic (exact) mass is 403 g/mol. The van der Waals surface area contributed by atoms with Crippen molar-refractivity contribution < 1.29 is 18.7 Å². The normalized spacial score (nSPS) is 26.5. The molecule has 0 bridgehead atoms. The van der Waals surface area contributed by atoms with Gasteiger partial charge in [-0.3, -0.25) is 15.0 Å². The lowest BCUT2D eigenvalue weighted by atomic mass is 9.79. The van der Waals surface area contributed by atoms with Crippen LogP contribution in [0.2, 0.25) is 5.02 Å². The fourth-order valence-corrected chi connectivity index (χ4v) is 4.30. The zero-order valence-electron chi connectivity index (χ0n) is 15.4. The number of amides is 1. The number of carbonyl (C=O) groups is 2. The topological polar surface area (TPSA) is 92.6 Å². The molecule has 1 aliphatic carbocycles. The quantitative estimate of drug-likeness (QED) is 0.679. The van der Waals surface area contributed by atoms with Crippen LogP contribution in [0.3, 0.4) is 0 Å². The van der Waals surface area contributed by atoms with Gasteiger partial charge in [0.25, 0.3) is 5.91 Å². The van der Waals surface area contributed by atoms with Crippen molar-refractivity contribution in [3.8, 4) is 11.3 Å². The molecule has 7 nitrogen and oxygen atoms in total. The first-order valence-electron chi connectivity index (χ1n) is 9.31. The van der Waals surface area contributed by atoms with Gasteiger partial charge in [0, 0.05) is 23.6 Å². The summed E-state index contributed by atoms with van der Waals surface area (Å²) in [6.07, 6.45) is 2.38. The highest BCUT2D eigenvalue weighted by Crippen LogP contribution is 2.32. The molecule has 0 radical (unpaired) electrons. The summed E-state index contributed by atoms with van der Waals surface area (Å²) in [4.78, 5) is 24.6. The van der Waals surface area contributed by atoms with Crippen LogP contribution in [-0.4, -0.2) is 37.1 Å². The minimum Gasteiger partial charge on any atom is -0.468 e. The number of hydrazine groups is 1. The summed E-state index contributed by atoms with van der Waals surface area (Å²) in [7, 11) is 1.38. The summed E-state index contributed by atoms with van der Waals surface area (Å²) < 4.78 is 10.6. The summed E-state index contributed by atoms with van der Waals surface area (Å²) in [5, 5.41) is 3.60. The average Bonchev–Trinajstić information content (AvgIpc) is 3.35. The van der Waals surface area contributed by atoms with Crippen molar-refractivity contribution in [2.45, 2.75) is 37.4 Å². The van der Waals surface area contributed by atoms with Gasteiger partial charge in [0.2, 0.25) is 0 Å². The Morgan fingerprint density at radius 3 is 2.79 bits per heavy atom. The number of benzene rings is 1. The van der Waals surface area contributed by atoms with E-state index in [2.05, 4.69) is 16.2 Å². The van der Waals surface area contributed by atoms with Crippen LogP contribution in [0.25, 0.3) is 11.3 Å². The Bertz CT molecular complexity index is 884. The van der Waals surface area contributed by atoms with Crippen molar-refractivity contribution in [3.63, 3.8) is 0 Å². The molecule has 28 heavy (non-hydrogen) atoms. The molecule has 1 aliphatic heterocycles. The Balaban J connectivity index is 1.42. The number of hydrogen-bond donors (Lipinski definition) is 3. The summed E-state index contributed by atoms with van der Waals surface area (Å²) in [6, 6.07) is 10.5. The van der Waals surface area contributed by atoms with Gasteiger partial charge in [-0.05, 0) is 43.5 Å². The molecule has 0 spiro atoms. The van der Waals surface area contributed by atoms with E-state index in [1.165, 1.54) is 7.11 Å². The van der Waals surface area contributed by atoms with E-state index in [0.717, 1.165) is 18.4 Å². The van der Waals surface area contributed by atoms with E-state index in [-0.39, 0.29) is 35.6 Å². The molecule has 1 saturated carbocycles. The standard InChI is InChI=1S/C20H22ClN3O4/c1-27-20(26)18-13-10-11(6-7-15(13)23-24-18)22-19(25)17-9-8-16(28-17)12-4-2-3-5-14(12)21/h2-5,8-9,11,13,15,18,23-24H,6-7,10H2,1H3,(H,22,25). The van der Waals surface area contributed by atoms with Gasteiger partial charge in [-0.2, -0.15) is 0 Å². The average molecular weight is 404 g/mol. The van der Waals surface area contributed by atoms with Crippen LogP contribution in [0.15, 0.2) is 40.8 Å². The number of halogens is 1. The number of rotatable bonds is 4. The third-order valence-corrected chi connectivity index (χ3v) is 5.84. The molecule has 2 aromatic rings. The van der Waals surface area contributed by atoms with Gasteiger partial charge in [0.15, 0.2) is 5.76 Å². The highest BCUT2D eigenvalue weighted by atomic mass is 35.5. The Morgan fingerprint density at radius 1 is 1.18 bits per heavy atom. The van der Waals surface area contributed by atoms with Crippen LogP contribution in [0.5, 0.6) is 0 Å². The zero-order chi connectivity index (χ0) is 19.7. The molecule has 4 rings (SSSR count). The third-order valence-electron chi connectivity index (χ3n) is 5.51. The second-order valence-electron chi connectivity index (χ2n) is 7.19. The minimum absolute atomic E-state index is 0.0310. The highest BCUT2D eigenvalue weighted by molar-refractivity contribution is 6.33. The maximum absolute atomic E-state index is 12.6. The van der Waals surface area contributed by atoms with Gasteiger partial charge in [-0.15, -0.1) is 0 Å². The Morgan fingerprint density at radius 2 is 2.00 bits per heavy atom. The van der Waals surface area contributed by atoms with Gasteiger partial charge in [0.1, 0.15) is 11.8 Å². The van der Waals surface area contributed by atoms with E-state index in [1.54, 1.807) is 18.2 Å². The lowest BCUT2D eigenvalue weighted by molar-refractivity contribution is -0.144. The fraction of sp³-hybridized carbons (Fsp3) is 0.400. The maximum Gasteiger partial charge on any atom is 0.324 e. The molecular weight excluding hydrogens is 382 g/mol. The number of nitrogens with one attached hydrogen (secondary N) is 3. The summed E-state index contributed by atoms with van der Waals surface area (Å²) in [5.74, 6) is 0.304. The Kier molecular flexibility index (Phi) is 5.39. The van der Waals surface area contributed by atoms with Gasteiger partial charge >= 0.3 is 5.97 Å². The molecule has 1 saturated heterocycles. The van der Waals surface area contributed by atoms with E-state index in [0.29, 0.717) is 17.2 Å². The van der Waals surface area contributed by atoms with Crippen molar-refractivity contribution in [2.75, 3.05) is 7.11 Å². The van der Waals surface area contributed by atoms with Crippen LogP contribution in [0.4, 0.5) is 0 Å². The molecular formula is C20H22ClN3O4. The Labute approximate surface area is 167 Å². The lowest BCUT2D eigenvalue weighted by Crippen LogP contribution is -2.46. The molecule has 4 atom stereocenters. The third kappa shape index (κ3) is 3.65. The van der Waals surface area contributed by atoms with Gasteiger partial charge in [-0.1, -0.05) is 23.7 Å². The second kappa shape index (κ2) is 7.95. The number of ether oxygens (including phenoxy) is 1. The fourth-order valence-electron chi connectivity index (χ4n) is 4.07. The number of esters is 1. The van der Waals surface area contributed by atoms with Crippen LogP contribution in [0.1, 0.15) is 29.8 Å². The van der Waals surface area contributed by atoms with E-state index in [1.807, 2.05) is 18.2 Å². The van der Waals surface area contributed by atoms with Gasteiger partial charge < -0.3 is 14.5 Å². The first kappa shape index (κ1) is 19.0. The van der Waals surface area contributed by atoms with E-state index < -0.39 is 6.04 Å². The largest absolute Gasteiger partial charge is 0.468 e. The number of hydrogen-bond acceptors (Lipinski definition) is 6. The summed E-state index contributed by atoms with van der Waals surface area (Å²) >= 11 is 6.20. The van der Waals surface area contributed by atoms with Crippen LogP contribution in [-0.2, 0) is 9.53 Å². The smallest absolute Gasteiger partial charge is 0.324 e. The number of fused-ring (bicyclic) bond motifs is 1. The molecule has 1 amide bonds. The molecule has 148 valence electrons.